The van der Waals surface area contributed by atoms with Crippen LogP contribution in [0.15, 0.2) is 43.0 Å². The Morgan fingerprint density at radius 3 is 1.65 bits per heavy atom. The number of benzene rings is 2. The van der Waals surface area contributed by atoms with Crippen molar-refractivity contribution in [2.75, 3.05) is 0 Å². The summed E-state index contributed by atoms with van der Waals surface area (Å²) in [6.07, 6.45) is 20.4. The molecule has 0 atom stereocenters. The van der Waals surface area contributed by atoms with Crippen molar-refractivity contribution in [2.45, 2.75) is 148 Å². The second kappa shape index (κ2) is 13.4. The van der Waals surface area contributed by atoms with Crippen molar-refractivity contribution in [3.8, 4) is 11.1 Å². The monoisotopic (exact) mass is 542 g/mol. The number of hydrogen-bond donors (Lipinski definition) is 0. The standard InChI is InChI=1S/C37H55BO2/c1-8-11-13-15-17-19-25-37(26-20-18-16-14-12-9-2)33-27-29(10-3)21-23-31(33)32-24-22-30(28-34(32)37)38-39-35(4,5)36(6,7)40-38/h10,21-24,27-28H,3,8-9,11-20,25-26H2,1-2,4-7H3. The highest BCUT2D eigenvalue weighted by atomic mass is 16.7. The predicted molar refractivity (Wildman–Crippen MR) is 174 cm³/mol. The Labute approximate surface area is 246 Å². The molecule has 1 heterocycles. The van der Waals surface area contributed by atoms with E-state index in [9.17, 15) is 0 Å². The normalized spacial score (nSPS) is 18.1. The predicted octanol–water partition coefficient (Wildman–Crippen LogP) is 10.4. The van der Waals surface area contributed by atoms with Gasteiger partial charge in [-0.1, -0.05) is 140 Å². The average Bonchev–Trinajstić information content (AvgIpc) is 3.33. The molecule has 0 saturated carbocycles. The van der Waals surface area contributed by atoms with Crippen LogP contribution in [0.5, 0.6) is 0 Å². The molecule has 40 heavy (non-hydrogen) atoms. The SMILES string of the molecule is C=Cc1ccc2c(c1)C(CCCCCCCC)(CCCCCCCC)c1cc(B3OC(C)(C)C(C)(C)O3)ccc1-2. The quantitative estimate of drug-likeness (QED) is 0.155. The molecule has 0 radical (unpaired) electrons. The molecule has 1 fully saturated rings. The highest BCUT2D eigenvalue weighted by molar-refractivity contribution is 6.62. The largest absolute Gasteiger partial charge is 0.494 e. The van der Waals surface area contributed by atoms with Crippen molar-refractivity contribution in [1.29, 1.82) is 0 Å². The molecule has 0 spiro atoms. The van der Waals surface area contributed by atoms with Crippen LogP contribution in [0.4, 0.5) is 0 Å². The van der Waals surface area contributed by atoms with E-state index < -0.39 is 0 Å². The van der Waals surface area contributed by atoms with Gasteiger partial charge in [0.2, 0.25) is 0 Å². The second-order valence-corrected chi connectivity index (χ2v) is 13.5. The molecule has 0 unspecified atom stereocenters. The molecular formula is C37H55BO2. The van der Waals surface area contributed by atoms with Gasteiger partial charge in [-0.15, -0.1) is 0 Å². The number of fused-ring (bicyclic) bond motifs is 3. The van der Waals surface area contributed by atoms with Crippen molar-refractivity contribution in [3.63, 3.8) is 0 Å². The average molecular weight is 543 g/mol. The number of hydrogen-bond acceptors (Lipinski definition) is 2. The summed E-state index contributed by atoms with van der Waals surface area (Å²) < 4.78 is 13.1. The molecule has 1 aliphatic carbocycles. The highest BCUT2D eigenvalue weighted by Gasteiger charge is 2.52. The lowest BCUT2D eigenvalue weighted by atomic mass is 9.68. The first kappa shape index (κ1) is 31.1. The maximum atomic E-state index is 6.53. The molecule has 1 aliphatic heterocycles. The maximum Gasteiger partial charge on any atom is 0.494 e. The smallest absolute Gasteiger partial charge is 0.399 e. The second-order valence-electron chi connectivity index (χ2n) is 13.5. The zero-order chi connectivity index (χ0) is 28.8. The third-order valence-electron chi connectivity index (χ3n) is 10.1. The summed E-state index contributed by atoms with van der Waals surface area (Å²) in [6.45, 7) is 17.3. The number of rotatable bonds is 16. The summed E-state index contributed by atoms with van der Waals surface area (Å²) in [5.74, 6) is 0. The van der Waals surface area contributed by atoms with E-state index in [-0.39, 0.29) is 23.7 Å². The van der Waals surface area contributed by atoms with E-state index in [0.717, 1.165) is 5.46 Å². The zero-order valence-electron chi connectivity index (χ0n) is 26.5. The summed E-state index contributed by atoms with van der Waals surface area (Å²) in [6, 6.07) is 14.1. The molecule has 218 valence electrons. The fraction of sp³-hybridized carbons (Fsp3) is 0.622. The first-order valence-electron chi connectivity index (χ1n) is 16.5. The Kier molecular flexibility index (Phi) is 10.4. The van der Waals surface area contributed by atoms with Gasteiger partial charge in [0.15, 0.2) is 0 Å². The Morgan fingerprint density at radius 2 is 1.12 bits per heavy atom. The Hall–Kier alpha value is -1.84. The molecule has 1 saturated heterocycles. The van der Waals surface area contributed by atoms with Crippen LogP contribution in [-0.4, -0.2) is 18.3 Å². The van der Waals surface area contributed by atoms with E-state index in [1.165, 1.54) is 118 Å². The molecule has 0 amide bonds. The zero-order valence-corrected chi connectivity index (χ0v) is 26.5. The summed E-state index contributed by atoms with van der Waals surface area (Å²) in [5.41, 5.74) is 7.59. The fourth-order valence-corrected chi connectivity index (χ4v) is 6.86. The van der Waals surface area contributed by atoms with Gasteiger partial charge in [0.05, 0.1) is 11.2 Å². The topological polar surface area (TPSA) is 18.5 Å². The van der Waals surface area contributed by atoms with Gasteiger partial charge < -0.3 is 9.31 Å². The number of unbranched alkanes of at least 4 members (excludes halogenated alkanes) is 10. The van der Waals surface area contributed by atoms with Gasteiger partial charge in [-0.05, 0) is 73.8 Å². The van der Waals surface area contributed by atoms with Crippen LogP contribution in [0.2, 0.25) is 0 Å². The van der Waals surface area contributed by atoms with E-state index in [4.69, 9.17) is 9.31 Å². The van der Waals surface area contributed by atoms with Crippen LogP contribution < -0.4 is 5.46 Å². The Balaban J connectivity index is 1.70. The lowest BCUT2D eigenvalue weighted by Crippen LogP contribution is -2.41. The van der Waals surface area contributed by atoms with Crippen LogP contribution >= 0.6 is 0 Å². The van der Waals surface area contributed by atoms with E-state index in [0.29, 0.717) is 0 Å². The van der Waals surface area contributed by atoms with Crippen molar-refractivity contribution < 1.29 is 9.31 Å². The summed E-state index contributed by atoms with van der Waals surface area (Å²) in [5, 5.41) is 0. The minimum absolute atomic E-state index is 0.0405. The van der Waals surface area contributed by atoms with Gasteiger partial charge in [0.1, 0.15) is 0 Å². The summed E-state index contributed by atoms with van der Waals surface area (Å²) in [7, 11) is -0.330. The molecule has 0 aromatic heterocycles. The van der Waals surface area contributed by atoms with Crippen molar-refractivity contribution in [3.05, 3.63) is 59.7 Å². The van der Waals surface area contributed by atoms with Gasteiger partial charge in [0.25, 0.3) is 0 Å². The highest BCUT2D eigenvalue weighted by Crippen LogP contribution is 2.54. The van der Waals surface area contributed by atoms with Crippen molar-refractivity contribution >= 4 is 18.7 Å². The minimum Gasteiger partial charge on any atom is -0.399 e. The molecule has 0 bridgehead atoms. The van der Waals surface area contributed by atoms with Gasteiger partial charge >= 0.3 is 7.12 Å². The van der Waals surface area contributed by atoms with E-state index >= 15 is 0 Å². The van der Waals surface area contributed by atoms with E-state index in [1.54, 1.807) is 0 Å². The molecule has 0 N–H and O–H groups in total. The third-order valence-corrected chi connectivity index (χ3v) is 10.1. The third kappa shape index (κ3) is 6.47. The Bertz CT molecular complexity index is 1100. The van der Waals surface area contributed by atoms with Gasteiger partial charge in [0, 0.05) is 5.41 Å². The molecule has 4 rings (SSSR count). The van der Waals surface area contributed by atoms with Gasteiger partial charge in [-0.25, -0.2) is 0 Å². The molecule has 2 nitrogen and oxygen atoms in total. The van der Waals surface area contributed by atoms with Crippen LogP contribution in [0, 0.1) is 0 Å². The first-order chi connectivity index (χ1) is 19.2. The fourth-order valence-electron chi connectivity index (χ4n) is 6.86. The molecule has 2 aromatic rings. The molecule has 3 heteroatoms. The lowest BCUT2D eigenvalue weighted by molar-refractivity contribution is 0.00578. The van der Waals surface area contributed by atoms with Crippen molar-refractivity contribution in [2.24, 2.45) is 0 Å². The van der Waals surface area contributed by atoms with Crippen LogP contribution in [0.25, 0.3) is 17.2 Å². The Morgan fingerprint density at radius 1 is 0.650 bits per heavy atom. The van der Waals surface area contributed by atoms with Gasteiger partial charge in [-0.3, -0.25) is 0 Å². The van der Waals surface area contributed by atoms with Gasteiger partial charge in [-0.2, -0.15) is 0 Å². The van der Waals surface area contributed by atoms with E-state index in [1.807, 2.05) is 6.08 Å². The minimum atomic E-state index is -0.341. The summed E-state index contributed by atoms with van der Waals surface area (Å²) >= 11 is 0. The maximum absolute atomic E-state index is 6.53. The van der Waals surface area contributed by atoms with Crippen LogP contribution in [-0.2, 0) is 14.7 Å². The summed E-state index contributed by atoms with van der Waals surface area (Å²) in [4.78, 5) is 0. The molecule has 2 aromatic carbocycles. The van der Waals surface area contributed by atoms with E-state index in [2.05, 4.69) is 84.5 Å². The lowest BCUT2D eigenvalue weighted by Gasteiger charge is -2.33. The van der Waals surface area contributed by atoms with Crippen LogP contribution in [0.3, 0.4) is 0 Å². The first-order valence-corrected chi connectivity index (χ1v) is 16.5. The van der Waals surface area contributed by atoms with Crippen LogP contribution in [0.1, 0.15) is 148 Å². The van der Waals surface area contributed by atoms with Crippen molar-refractivity contribution in [1.82, 2.24) is 0 Å². The molecule has 2 aliphatic rings. The molecular weight excluding hydrogens is 487 g/mol.